The summed E-state index contributed by atoms with van der Waals surface area (Å²) in [6.45, 7) is 4.99. The molecule has 1 amide bonds. The van der Waals surface area contributed by atoms with E-state index in [1.165, 1.54) is 0 Å². The Labute approximate surface area is 120 Å². The van der Waals surface area contributed by atoms with Crippen molar-refractivity contribution in [2.45, 2.75) is 57.9 Å². The summed E-state index contributed by atoms with van der Waals surface area (Å²) < 4.78 is 5.23. The van der Waals surface area contributed by atoms with Crippen LogP contribution >= 0.6 is 0 Å². The topological polar surface area (TPSA) is 75.6 Å². The summed E-state index contributed by atoms with van der Waals surface area (Å²) in [4.78, 5) is 24.2. The predicted octanol–water partition coefficient (Wildman–Crippen LogP) is 1.95. The highest BCUT2D eigenvalue weighted by atomic mass is 16.5. The third-order valence-corrected chi connectivity index (χ3v) is 4.94. The van der Waals surface area contributed by atoms with Crippen molar-refractivity contribution in [3.63, 3.8) is 0 Å². The zero-order chi connectivity index (χ0) is 14.8. The molecule has 1 unspecified atom stereocenters. The Kier molecular flexibility index (Phi) is 4.37. The molecule has 1 aliphatic carbocycles. The summed E-state index contributed by atoms with van der Waals surface area (Å²) in [6, 6.07) is 0. The van der Waals surface area contributed by atoms with Crippen LogP contribution < -0.4 is 5.32 Å². The van der Waals surface area contributed by atoms with Crippen LogP contribution in [-0.2, 0) is 14.3 Å². The van der Waals surface area contributed by atoms with Crippen LogP contribution in [0.3, 0.4) is 0 Å². The number of hydrogen-bond acceptors (Lipinski definition) is 3. The minimum Gasteiger partial charge on any atom is -0.480 e. The second kappa shape index (κ2) is 5.72. The van der Waals surface area contributed by atoms with E-state index in [2.05, 4.69) is 19.2 Å². The van der Waals surface area contributed by atoms with Gasteiger partial charge in [0.2, 0.25) is 5.91 Å². The largest absolute Gasteiger partial charge is 0.480 e. The Hall–Kier alpha value is -1.10. The lowest BCUT2D eigenvalue weighted by molar-refractivity contribution is -0.154. The highest BCUT2D eigenvalue weighted by Gasteiger charge is 2.45. The van der Waals surface area contributed by atoms with Gasteiger partial charge in [-0.25, -0.2) is 4.79 Å². The van der Waals surface area contributed by atoms with Gasteiger partial charge in [0.15, 0.2) is 0 Å². The Morgan fingerprint density at radius 2 is 1.80 bits per heavy atom. The Morgan fingerprint density at radius 3 is 2.35 bits per heavy atom. The first-order valence-electron chi connectivity index (χ1n) is 7.51. The van der Waals surface area contributed by atoms with Gasteiger partial charge in [-0.3, -0.25) is 4.79 Å². The van der Waals surface area contributed by atoms with E-state index in [1.54, 1.807) is 0 Å². The Balaban J connectivity index is 2.10. The number of carboxylic acids is 1. The lowest BCUT2D eigenvalue weighted by Crippen LogP contribution is -2.59. The van der Waals surface area contributed by atoms with Gasteiger partial charge in [-0.1, -0.05) is 26.7 Å². The number of carboxylic acid groups (broad SMARTS) is 1. The number of aliphatic carboxylic acids is 1. The maximum atomic E-state index is 12.6. The Morgan fingerprint density at radius 1 is 1.15 bits per heavy atom. The van der Waals surface area contributed by atoms with Crippen molar-refractivity contribution in [2.24, 2.45) is 11.3 Å². The van der Waals surface area contributed by atoms with Crippen molar-refractivity contribution in [1.82, 2.24) is 5.32 Å². The minimum absolute atomic E-state index is 0.0484. The van der Waals surface area contributed by atoms with E-state index in [1.807, 2.05) is 0 Å². The lowest BCUT2D eigenvalue weighted by atomic mass is 9.68. The van der Waals surface area contributed by atoms with E-state index in [-0.39, 0.29) is 17.2 Å². The average Bonchev–Trinajstić information content (AvgIpc) is 2.38. The van der Waals surface area contributed by atoms with E-state index < -0.39 is 11.5 Å². The molecule has 1 aliphatic heterocycles. The third-order valence-electron chi connectivity index (χ3n) is 4.94. The van der Waals surface area contributed by atoms with Gasteiger partial charge >= 0.3 is 5.97 Å². The van der Waals surface area contributed by atoms with E-state index in [0.717, 1.165) is 25.7 Å². The van der Waals surface area contributed by atoms with Crippen LogP contribution in [0.15, 0.2) is 0 Å². The SMILES string of the molecule is CC1(C)CCCCC1C(=O)NC1(C(=O)O)CCOCC1. The van der Waals surface area contributed by atoms with E-state index in [9.17, 15) is 14.7 Å². The van der Waals surface area contributed by atoms with Crippen molar-refractivity contribution in [3.8, 4) is 0 Å². The second-order valence-electron chi connectivity index (χ2n) is 6.78. The molecular weight excluding hydrogens is 258 g/mol. The molecule has 1 saturated heterocycles. The molecule has 5 nitrogen and oxygen atoms in total. The third kappa shape index (κ3) is 2.97. The van der Waals surface area contributed by atoms with Crippen LogP contribution in [0.4, 0.5) is 0 Å². The molecule has 0 aromatic heterocycles. The number of ether oxygens (including phenoxy) is 1. The van der Waals surface area contributed by atoms with Crippen molar-refractivity contribution < 1.29 is 19.4 Å². The molecule has 114 valence electrons. The molecule has 2 aliphatic rings. The normalized spacial score (nSPS) is 28.6. The molecule has 1 saturated carbocycles. The van der Waals surface area contributed by atoms with Gasteiger partial charge in [0.05, 0.1) is 0 Å². The molecule has 2 fully saturated rings. The molecular formula is C15H25NO4. The van der Waals surface area contributed by atoms with E-state index in [0.29, 0.717) is 26.1 Å². The number of hydrogen-bond donors (Lipinski definition) is 2. The van der Waals surface area contributed by atoms with Crippen LogP contribution in [0.5, 0.6) is 0 Å². The monoisotopic (exact) mass is 283 g/mol. The maximum Gasteiger partial charge on any atom is 0.329 e. The molecule has 1 atom stereocenters. The number of rotatable bonds is 3. The first-order valence-corrected chi connectivity index (χ1v) is 7.51. The lowest BCUT2D eigenvalue weighted by Gasteiger charge is -2.41. The molecule has 0 aromatic carbocycles. The zero-order valence-electron chi connectivity index (χ0n) is 12.4. The average molecular weight is 283 g/mol. The maximum absolute atomic E-state index is 12.6. The molecule has 20 heavy (non-hydrogen) atoms. The van der Waals surface area contributed by atoms with Gasteiger partial charge in [-0.2, -0.15) is 0 Å². The van der Waals surface area contributed by atoms with Crippen molar-refractivity contribution in [3.05, 3.63) is 0 Å². The number of nitrogens with one attached hydrogen (secondary N) is 1. The zero-order valence-corrected chi connectivity index (χ0v) is 12.4. The fourth-order valence-corrected chi connectivity index (χ4v) is 3.42. The fraction of sp³-hybridized carbons (Fsp3) is 0.867. The van der Waals surface area contributed by atoms with Gasteiger partial charge in [-0.05, 0) is 18.3 Å². The van der Waals surface area contributed by atoms with Crippen LogP contribution in [-0.4, -0.2) is 35.7 Å². The molecule has 1 heterocycles. The Bertz CT molecular complexity index is 385. The quantitative estimate of drug-likeness (QED) is 0.830. The van der Waals surface area contributed by atoms with Gasteiger partial charge in [0.25, 0.3) is 0 Å². The first-order chi connectivity index (χ1) is 9.37. The van der Waals surface area contributed by atoms with Crippen molar-refractivity contribution in [1.29, 1.82) is 0 Å². The molecule has 5 heteroatoms. The molecule has 0 aromatic rings. The summed E-state index contributed by atoms with van der Waals surface area (Å²) in [6.07, 6.45) is 4.77. The van der Waals surface area contributed by atoms with Gasteiger partial charge in [-0.15, -0.1) is 0 Å². The highest BCUT2D eigenvalue weighted by molar-refractivity contribution is 5.88. The highest BCUT2D eigenvalue weighted by Crippen LogP contribution is 2.41. The van der Waals surface area contributed by atoms with Gasteiger partial charge in [0.1, 0.15) is 5.54 Å². The van der Waals surface area contributed by atoms with Crippen LogP contribution in [0.1, 0.15) is 52.4 Å². The van der Waals surface area contributed by atoms with Gasteiger partial charge < -0.3 is 15.2 Å². The molecule has 2 N–H and O–H groups in total. The first kappa shape index (κ1) is 15.3. The standard InChI is InChI=1S/C15H25NO4/c1-14(2)6-4-3-5-11(14)12(17)16-15(13(18)19)7-9-20-10-8-15/h11H,3-10H2,1-2H3,(H,16,17)(H,18,19). The molecule has 0 radical (unpaired) electrons. The van der Waals surface area contributed by atoms with Crippen LogP contribution in [0.2, 0.25) is 0 Å². The summed E-state index contributed by atoms with van der Waals surface area (Å²) in [7, 11) is 0. The van der Waals surface area contributed by atoms with Crippen LogP contribution in [0, 0.1) is 11.3 Å². The van der Waals surface area contributed by atoms with E-state index in [4.69, 9.17) is 4.74 Å². The second-order valence-corrected chi connectivity index (χ2v) is 6.78. The number of carbonyl (C=O) groups excluding carboxylic acids is 1. The molecule has 2 rings (SSSR count). The molecule has 0 spiro atoms. The summed E-state index contributed by atoms with van der Waals surface area (Å²) in [5.41, 5.74) is -1.18. The fourth-order valence-electron chi connectivity index (χ4n) is 3.42. The predicted molar refractivity (Wildman–Crippen MR) is 74.3 cm³/mol. The van der Waals surface area contributed by atoms with E-state index >= 15 is 0 Å². The van der Waals surface area contributed by atoms with Crippen LogP contribution in [0.25, 0.3) is 0 Å². The minimum atomic E-state index is -1.14. The van der Waals surface area contributed by atoms with Crippen molar-refractivity contribution in [2.75, 3.05) is 13.2 Å². The number of amides is 1. The van der Waals surface area contributed by atoms with Gasteiger partial charge in [0, 0.05) is 32.0 Å². The number of carbonyl (C=O) groups is 2. The summed E-state index contributed by atoms with van der Waals surface area (Å²) in [5, 5.41) is 12.3. The summed E-state index contributed by atoms with van der Waals surface area (Å²) in [5.74, 6) is -1.13. The smallest absolute Gasteiger partial charge is 0.329 e. The molecule has 0 bridgehead atoms. The van der Waals surface area contributed by atoms with Crippen molar-refractivity contribution >= 4 is 11.9 Å². The summed E-state index contributed by atoms with van der Waals surface area (Å²) >= 11 is 0.